The lowest BCUT2D eigenvalue weighted by Crippen LogP contribution is -2.50. The lowest BCUT2D eigenvalue weighted by molar-refractivity contribution is -0.118. The summed E-state index contributed by atoms with van der Waals surface area (Å²) in [6.45, 7) is 0.818. The number of nitrogens with one attached hydrogen (secondary N) is 1. The molecule has 0 atom stereocenters. The molecule has 1 saturated heterocycles. The summed E-state index contributed by atoms with van der Waals surface area (Å²) in [4.78, 5) is 25.9. The maximum Gasteiger partial charge on any atom is 0.262 e. The van der Waals surface area contributed by atoms with Crippen molar-refractivity contribution in [1.29, 1.82) is 0 Å². The van der Waals surface area contributed by atoms with Crippen molar-refractivity contribution >= 4 is 27.5 Å². The summed E-state index contributed by atoms with van der Waals surface area (Å²) in [7, 11) is -2.24. The van der Waals surface area contributed by atoms with E-state index in [9.17, 15) is 18.0 Å². The lowest BCUT2D eigenvalue weighted by atomic mass is 10.1. The van der Waals surface area contributed by atoms with Crippen molar-refractivity contribution in [3.8, 4) is 11.5 Å². The molecule has 30 heavy (non-hydrogen) atoms. The molecule has 0 radical (unpaired) electrons. The number of methoxy groups -OCH3 is 1. The first-order valence-electron chi connectivity index (χ1n) is 9.38. The minimum atomic E-state index is -3.77. The fourth-order valence-corrected chi connectivity index (χ4v) is 4.89. The molecule has 1 fully saturated rings. The average Bonchev–Trinajstić information content (AvgIpc) is 2.78. The first kappa shape index (κ1) is 20.2. The summed E-state index contributed by atoms with van der Waals surface area (Å²) < 4.78 is 37.8. The second kappa shape index (κ2) is 7.96. The molecule has 2 aliphatic rings. The molecule has 0 spiro atoms. The van der Waals surface area contributed by atoms with Gasteiger partial charge in [-0.1, -0.05) is 6.07 Å². The number of fused-ring (bicyclic) bond motifs is 1. The Kier molecular flexibility index (Phi) is 5.35. The number of anilines is 1. The fourth-order valence-electron chi connectivity index (χ4n) is 3.44. The van der Waals surface area contributed by atoms with E-state index in [1.807, 2.05) is 0 Å². The monoisotopic (exact) mass is 431 g/mol. The number of nitrogens with zero attached hydrogens (tertiary/aromatic N) is 2. The molecule has 0 aromatic heterocycles. The van der Waals surface area contributed by atoms with Crippen molar-refractivity contribution in [2.24, 2.45) is 0 Å². The van der Waals surface area contributed by atoms with Crippen LogP contribution in [0.25, 0.3) is 0 Å². The number of hydrogen-bond acceptors (Lipinski definition) is 6. The van der Waals surface area contributed by atoms with Crippen molar-refractivity contribution in [1.82, 2.24) is 9.21 Å². The first-order chi connectivity index (χ1) is 14.4. The van der Waals surface area contributed by atoms with Crippen LogP contribution in [-0.2, 0) is 14.8 Å². The Morgan fingerprint density at radius 1 is 1.10 bits per heavy atom. The van der Waals surface area contributed by atoms with Crippen LogP contribution in [0.1, 0.15) is 10.4 Å². The van der Waals surface area contributed by atoms with E-state index in [0.29, 0.717) is 22.7 Å². The molecule has 4 rings (SSSR count). The molecular formula is C20H21N3O6S. The van der Waals surface area contributed by atoms with Gasteiger partial charge in [-0.25, -0.2) is 8.42 Å². The summed E-state index contributed by atoms with van der Waals surface area (Å²) in [5.41, 5.74) is 0.829. The van der Waals surface area contributed by atoms with Crippen molar-refractivity contribution in [2.45, 2.75) is 4.90 Å². The molecule has 2 aromatic rings. The minimum Gasteiger partial charge on any atom is -0.497 e. The smallest absolute Gasteiger partial charge is 0.262 e. The van der Waals surface area contributed by atoms with E-state index in [1.165, 1.54) is 29.6 Å². The predicted octanol–water partition coefficient (Wildman–Crippen LogP) is 1.17. The standard InChI is InChI=1S/C20H21N3O6S/c1-28-15-4-2-3-14(11-15)20(25)22-7-9-23(10-8-22)30(26,27)16-5-6-18-17(12-16)21-19(24)13-29-18/h2-6,11-12H,7-10,13H2,1H3,(H,21,24). The zero-order valence-electron chi connectivity index (χ0n) is 16.3. The quantitative estimate of drug-likeness (QED) is 0.779. The van der Waals surface area contributed by atoms with Gasteiger partial charge in [0.05, 0.1) is 17.7 Å². The SMILES string of the molecule is COc1cccc(C(=O)N2CCN(S(=O)(=O)c3ccc4c(c3)NC(=O)CO4)CC2)c1. The fraction of sp³-hybridized carbons (Fsp3) is 0.300. The van der Waals surface area contributed by atoms with Crippen LogP contribution in [0.4, 0.5) is 5.69 Å². The number of carbonyl (C=O) groups excluding carboxylic acids is 2. The Hall–Kier alpha value is -3.11. The maximum atomic E-state index is 13.0. The summed E-state index contributed by atoms with van der Waals surface area (Å²) in [6.07, 6.45) is 0. The van der Waals surface area contributed by atoms with Crippen molar-refractivity contribution in [2.75, 3.05) is 45.2 Å². The van der Waals surface area contributed by atoms with Gasteiger partial charge in [0, 0.05) is 31.7 Å². The minimum absolute atomic E-state index is 0.0691. The van der Waals surface area contributed by atoms with Gasteiger partial charge in [-0.3, -0.25) is 9.59 Å². The van der Waals surface area contributed by atoms with Gasteiger partial charge in [0.1, 0.15) is 11.5 Å². The van der Waals surface area contributed by atoms with Gasteiger partial charge < -0.3 is 19.7 Å². The number of hydrogen-bond donors (Lipinski definition) is 1. The highest BCUT2D eigenvalue weighted by molar-refractivity contribution is 7.89. The van der Waals surface area contributed by atoms with E-state index >= 15 is 0 Å². The van der Waals surface area contributed by atoms with Gasteiger partial charge in [-0.15, -0.1) is 0 Å². The van der Waals surface area contributed by atoms with Gasteiger partial charge in [-0.05, 0) is 36.4 Å². The highest BCUT2D eigenvalue weighted by Crippen LogP contribution is 2.31. The number of carbonyl (C=O) groups is 2. The summed E-state index contributed by atoms with van der Waals surface area (Å²) in [5, 5.41) is 2.61. The molecule has 0 saturated carbocycles. The molecular weight excluding hydrogens is 410 g/mol. The van der Waals surface area contributed by atoms with Crippen LogP contribution < -0.4 is 14.8 Å². The molecule has 2 heterocycles. The van der Waals surface area contributed by atoms with Crippen molar-refractivity contribution < 1.29 is 27.5 Å². The van der Waals surface area contributed by atoms with E-state index in [4.69, 9.17) is 9.47 Å². The van der Waals surface area contributed by atoms with E-state index in [-0.39, 0.29) is 49.5 Å². The van der Waals surface area contributed by atoms with Crippen LogP contribution in [0.5, 0.6) is 11.5 Å². The van der Waals surface area contributed by atoms with Crippen LogP contribution in [-0.4, -0.2) is 69.3 Å². The van der Waals surface area contributed by atoms with Crippen LogP contribution in [0, 0.1) is 0 Å². The molecule has 0 aliphatic carbocycles. The molecule has 1 N–H and O–H groups in total. The van der Waals surface area contributed by atoms with Crippen LogP contribution in [0.15, 0.2) is 47.4 Å². The van der Waals surface area contributed by atoms with Gasteiger partial charge in [0.25, 0.3) is 11.8 Å². The highest BCUT2D eigenvalue weighted by Gasteiger charge is 2.31. The van der Waals surface area contributed by atoms with Gasteiger partial charge >= 0.3 is 0 Å². The largest absolute Gasteiger partial charge is 0.497 e. The van der Waals surface area contributed by atoms with Gasteiger partial charge in [0.2, 0.25) is 10.0 Å². The Balaban J connectivity index is 1.46. The Morgan fingerprint density at radius 2 is 1.87 bits per heavy atom. The Morgan fingerprint density at radius 3 is 2.60 bits per heavy atom. The predicted molar refractivity (Wildman–Crippen MR) is 108 cm³/mol. The number of rotatable bonds is 4. The first-order valence-corrected chi connectivity index (χ1v) is 10.8. The molecule has 10 heteroatoms. The van der Waals surface area contributed by atoms with E-state index < -0.39 is 10.0 Å². The molecule has 9 nitrogen and oxygen atoms in total. The molecule has 2 aromatic carbocycles. The van der Waals surface area contributed by atoms with E-state index in [2.05, 4.69) is 5.32 Å². The number of piperazine rings is 1. The second-order valence-electron chi connectivity index (χ2n) is 6.92. The van der Waals surface area contributed by atoms with Crippen LogP contribution >= 0.6 is 0 Å². The molecule has 2 amide bonds. The van der Waals surface area contributed by atoms with Crippen molar-refractivity contribution in [3.05, 3.63) is 48.0 Å². The number of sulfonamides is 1. The summed E-state index contributed by atoms with van der Waals surface area (Å²) in [6, 6.07) is 11.3. The molecule has 158 valence electrons. The van der Waals surface area contributed by atoms with Gasteiger partial charge in [-0.2, -0.15) is 4.31 Å². The third-order valence-corrected chi connectivity index (χ3v) is 6.96. The Labute approximate surface area is 174 Å². The zero-order valence-corrected chi connectivity index (χ0v) is 17.1. The summed E-state index contributed by atoms with van der Waals surface area (Å²) in [5.74, 6) is 0.522. The zero-order chi connectivity index (χ0) is 21.3. The van der Waals surface area contributed by atoms with Crippen molar-refractivity contribution in [3.63, 3.8) is 0 Å². The van der Waals surface area contributed by atoms with E-state index in [0.717, 1.165) is 0 Å². The second-order valence-corrected chi connectivity index (χ2v) is 8.86. The van der Waals surface area contributed by atoms with Gasteiger partial charge in [0.15, 0.2) is 6.61 Å². The number of benzene rings is 2. The normalized spacial score (nSPS) is 17.0. The third-order valence-electron chi connectivity index (χ3n) is 5.06. The molecule has 0 unspecified atom stereocenters. The van der Waals surface area contributed by atoms with Crippen LogP contribution in [0.3, 0.4) is 0 Å². The topological polar surface area (TPSA) is 105 Å². The highest BCUT2D eigenvalue weighted by atomic mass is 32.2. The number of ether oxygens (including phenoxy) is 2. The lowest BCUT2D eigenvalue weighted by Gasteiger charge is -2.34. The third kappa shape index (κ3) is 3.83. The summed E-state index contributed by atoms with van der Waals surface area (Å²) >= 11 is 0. The van der Waals surface area contributed by atoms with Crippen LogP contribution in [0.2, 0.25) is 0 Å². The molecule has 2 aliphatic heterocycles. The Bertz CT molecular complexity index is 1090. The molecule has 0 bridgehead atoms. The van der Waals surface area contributed by atoms with E-state index in [1.54, 1.807) is 29.2 Å². The average molecular weight is 431 g/mol. The maximum absolute atomic E-state index is 13.0. The number of amides is 2.